The minimum atomic E-state index is -0.706. The van der Waals surface area contributed by atoms with E-state index in [4.69, 9.17) is 0 Å². The number of nitrogens with one attached hydrogen (secondary N) is 4. The van der Waals surface area contributed by atoms with Gasteiger partial charge in [-0.15, -0.1) is 0 Å². The molecular formula is C8H14N4O2. The fourth-order valence-corrected chi connectivity index (χ4v) is 1.83. The van der Waals surface area contributed by atoms with Crippen molar-refractivity contribution in [2.45, 2.75) is 32.6 Å². The average molecular weight is 198 g/mol. The predicted molar refractivity (Wildman–Crippen MR) is 49.3 cm³/mol. The number of hydrogen-bond donors (Lipinski definition) is 4. The average Bonchev–Trinajstić information content (AvgIpc) is 1.96. The third-order valence-corrected chi connectivity index (χ3v) is 3.29. The Morgan fingerprint density at radius 2 is 1.43 bits per heavy atom. The molecule has 4 N–H and O–H groups in total. The van der Waals surface area contributed by atoms with E-state index in [1.54, 1.807) is 6.92 Å². The lowest BCUT2D eigenvalue weighted by Gasteiger charge is -2.55. The maximum atomic E-state index is 11.3. The normalized spacial score (nSPS) is 38.9. The number of fused-ring (bicyclic) bond motifs is 2. The Hall–Kier alpha value is -1.46. The zero-order chi connectivity index (χ0) is 10.6. The molecule has 0 aromatic carbocycles. The first kappa shape index (κ1) is 9.11. The van der Waals surface area contributed by atoms with E-state index in [0.717, 1.165) is 0 Å². The fraction of sp³-hybridized carbons (Fsp3) is 0.750. The van der Waals surface area contributed by atoms with Crippen molar-refractivity contribution in [3.05, 3.63) is 0 Å². The van der Waals surface area contributed by atoms with Crippen LogP contribution in [0.25, 0.3) is 0 Å². The van der Waals surface area contributed by atoms with Crippen LogP contribution in [0.2, 0.25) is 0 Å². The van der Waals surface area contributed by atoms with Crippen LogP contribution < -0.4 is 21.3 Å². The van der Waals surface area contributed by atoms with Gasteiger partial charge in [-0.25, -0.2) is 9.59 Å². The van der Waals surface area contributed by atoms with E-state index in [0.29, 0.717) is 0 Å². The Morgan fingerprint density at radius 3 is 1.79 bits per heavy atom. The van der Waals surface area contributed by atoms with Crippen LogP contribution in [0, 0.1) is 5.41 Å². The lowest BCUT2D eigenvalue weighted by molar-refractivity contribution is 0.0194. The minimum Gasteiger partial charge on any atom is -0.317 e. The minimum absolute atomic E-state index is 0.274. The van der Waals surface area contributed by atoms with Crippen LogP contribution in [0.15, 0.2) is 0 Å². The summed E-state index contributed by atoms with van der Waals surface area (Å²) in [5.41, 5.74) is -1.00. The highest BCUT2D eigenvalue weighted by atomic mass is 16.2. The van der Waals surface area contributed by atoms with E-state index >= 15 is 0 Å². The van der Waals surface area contributed by atoms with Gasteiger partial charge in [0.1, 0.15) is 11.8 Å². The van der Waals surface area contributed by atoms with Crippen molar-refractivity contribution in [1.82, 2.24) is 21.3 Å². The second-order valence-corrected chi connectivity index (χ2v) is 4.48. The summed E-state index contributed by atoms with van der Waals surface area (Å²) in [5, 5.41) is 10.8. The van der Waals surface area contributed by atoms with Gasteiger partial charge in [0.15, 0.2) is 0 Å². The van der Waals surface area contributed by atoms with Crippen molar-refractivity contribution >= 4 is 12.1 Å². The molecule has 4 amide bonds. The lowest BCUT2D eigenvalue weighted by atomic mass is 9.74. The smallest absolute Gasteiger partial charge is 0.317 e. The number of amides is 4. The first-order valence-corrected chi connectivity index (χ1v) is 4.52. The molecule has 78 valence electrons. The fourth-order valence-electron chi connectivity index (χ4n) is 1.83. The quantitative estimate of drug-likeness (QED) is 0.430. The van der Waals surface area contributed by atoms with Gasteiger partial charge < -0.3 is 21.3 Å². The molecule has 0 aromatic rings. The molecule has 0 radical (unpaired) electrons. The third kappa shape index (κ3) is 0.964. The van der Waals surface area contributed by atoms with Crippen molar-refractivity contribution in [3.63, 3.8) is 0 Å². The van der Waals surface area contributed by atoms with Crippen LogP contribution in [0.4, 0.5) is 9.59 Å². The Balaban J connectivity index is 2.41. The lowest BCUT2D eigenvalue weighted by Crippen LogP contribution is -2.84. The molecule has 0 spiro atoms. The maximum Gasteiger partial charge on any atom is 0.318 e. The molecular weight excluding hydrogens is 184 g/mol. The number of urea groups is 2. The molecule has 2 bridgehead atoms. The summed E-state index contributed by atoms with van der Waals surface area (Å²) >= 11 is 0. The van der Waals surface area contributed by atoms with Crippen molar-refractivity contribution in [2.24, 2.45) is 5.41 Å². The third-order valence-electron chi connectivity index (χ3n) is 3.29. The number of carbonyl (C=O) groups excluding carboxylic acids is 2. The summed E-state index contributed by atoms with van der Waals surface area (Å²) < 4.78 is 0. The van der Waals surface area contributed by atoms with Crippen LogP contribution in [0.3, 0.4) is 0 Å². The Morgan fingerprint density at radius 1 is 1.00 bits per heavy atom. The molecule has 0 saturated carbocycles. The predicted octanol–water partition coefficient (Wildman–Crippen LogP) is -0.319. The molecule has 0 aliphatic carbocycles. The largest absolute Gasteiger partial charge is 0.318 e. The van der Waals surface area contributed by atoms with E-state index in [1.165, 1.54) is 0 Å². The molecule has 2 aliphatic heterocycles. The maximum absolute atomic E-state index is 11.3. The van der Waals surface area contributed by atoms with E-state index in [9.17, 15) is 9.59 Å². The zero-order valence-electron chi connectivity index (χ0n) is 8.39. The van der Waals surface area contributed by atoms with Gasteiger partial charge in [-0.05, 0) is 6.92 Å². The molecule has 2 aliphatic rings. The van der Waals surface area contributed by atoms with Gasteiger partial charge in [0, 0.05) is 5.41 Å². The van der Waals surface area contributed by atoms with Crippen LogP contribution in [-0.2, 0) is 0 Å². The van der Waals surface area contributed by atoms with Crippen LogP contribution in [-0.4, -0.2) is 23.9 Å². The summed E-state index contributed by atoms with van der Waals surface area (Å²) in [6, 6.07) is -0.548. The van der Waals surface area contributed by atoms with Gasteiger partial charge in [0.05, 0.1) is 0 Å². The van der Waals surface area contributed by atoms with Gasteiger partial charge in [0.2, 0.25) is 0 Å². The molecule has 6 heteroatoms. The highest BCUT2D eigenvalue weighted by Gasteiger charge is 2.56. The van der Waals surface area contributed by atoms with Gasteiger partial charge in [-0.3, -0.25) is 0 Å². The highest BCUT2D eigenvalue weighted by molar-refractivity contribution is 5.83. The standard InChI is InChI=1S/C8H14N4O2/c1-7(2)4-9-5(13)11-8(7,3)12-6(14)10-4/h4H,1-3H3,(H2,9,11,13)(H2,10,12,14). The summed E-state index contributed by atoms with van der Waals surface area (Å²) in [6.45, 7) is 5.74. The number of carbonyl (C=O) groups is 2. The Labute approximate surface area is 81.8 Å². The van der Waals surface area contributed by atoms with Gasteiger partial charge in [0.25, 0.3) is 0 Å². The SMILES string of the molecule is CC12NC(=O)NC(NC(=O)N1)C2(C)C. The van der Waals surface area contributed by atoms with Crippen molar-refractivity contribution in [1.29, 1.82) is 0 Å². The highest BCUT2D eigenvalue weighted by Crippen LogP contribution is 2.35. The topological polar surface area (TPSA) is 82.3 Å². The van der Waals surface area contributed by atoms with Crippen molar-refractivity contribution < 1.29 is 9.59 Å². The van der Waals surface area contributed by atoms with Gasteiger partial charge in [-0.1, -0.05) is 13.8 Å². The Kier molecular flexibility index (Phi) is 1.51. The van der Waals surface area contributed by atoms with Gasteiger partial charge in [-0.2, -0.15) is 0 Å². The van der Waals surface area contributed by atoms with E-state index in [2.05, 4.69) is 21.3 Å². The molecule has 2 fully saturated rings. The summed E-state index contributed by atoms with van der Waals surface area (Å²) in [4.78, 5) is 22.5. The Bertz CT molecular complexity index is 292. The number of rotatable bonds is 0. The first-order chi connectivity index (χ1) is 6.35. The number of hydrogen-bond acceptors (Lipinski definition) is 2. The summed E-state index contributed by atoms with van der Waals surface area (Å²) in [7, 11) is 0. The second kappa shape index (κ2) is 2.31. The monoisotopic (exact) mass is 198 g/mol. The molecule has 0 aromatic heterocycles. The molecule has 0 atom stereocenters. The molecule has 0 unspecified atom stereocenters. The van der Waals surface area contributed by atoms with Crippen LogP contribution in [0.5, 0.6) is 0 Å². The van der Waals surface area contributed by atoms with Gasteiger partial charge >= 0.3 is 12.1 Å². The molecule has 6 nitrogen and oxygen atoms in total. The van der Waals surface area contributed by atoms with Crippen LogP contribution in [0.1, 0.15) is 20.8 Å². The van der Waals surface area contributed by atoms with E-state index in [1.807, 2.05) is 13.8 Å². The summed E-state index contributed by atoms with van der Waals surface area (Å²) in [5.74, 6) is 0. The molecule has 2 rings (SSSR count). The van der Waals surface area contributed by atoms with Crippen molar-refractivity contribution in [2.75, 3.05) is 0 Å². The van der Waals surface area contributed by atoms with Crippen molar-refractivity contribution in [3.8, 4) is 0 Å². The van der Waals surface area contributed by atoms with E-state index in [-0.39, 0.29) is 23.6 Å². The van der Waals surface area contributed by atoms with Crippen LogP contribution >= 0.6 is 0 Å². The molecule has 2 saturated heterocycles. The molecule has 2 heterocycles. The zero-order valence-corrected chi connectivity index (χ0v) is 8.39. The van der Waals surface area contributed by atoms with E-state index < -0.39 is 5.66 Å². The second-order valence-electron chi connectivity index (χ2n) is 4.48. The summed E-state index contributed by atoms with van der Waals surface area (Å²) in [6.07, 6.45) is -0.338. The first-order valence-electron chi connectivity index (χ1n) is 4.52. The molecule has 14 heavy (non-hydrogen) atoms.